The van der Waals surface area contributed by atoms with Crippen molar-refractivity contribution in [2.75, 3.05) is 32.7 Å². The molecule has 0 bridgehead atoms. The highest BCUT2D eigenvalue weighted by molar-refractivity contribution is 5.80. The Labute approximate surface area is 128 Å². The second kappa shape index (κ2) is 7.57. The van der Waals surface area contributed by atoms with Gasteiger partial charge >= 0.3 is 0 Å². The fourth-order valence-corrected chi connectivity index (χ4v) is 2.94. The smallest absolute Gasteiger partial charge is 0.238 e. The molecular weight excluding hydrogens is 262 g/mol. The fraction of sp³-hybridized carbons (Fsp3) is 0.588. The summed E-state index contributed by atoms with van der Waals surface area (Å²) in [5.41, 5.74) is 2.42. The third kappa shape index (κ3) is 4.05. The fourth-order valence-electron chi connectivity index (χ4n) is 2.94. The Morgan fingerprint density at radius 3 is 2.76 bits per heavy atom. The molecule has 1 fully saturated rings. The molecule has 1 saturated heterocycles. The predicted molar refractivity (Wildman–Crippen MR) is 86.0 cm³/mol. The van der Waals surface area contributed by atoms with Crippen molar-refractivity contribution in [3.05, 3.63) is 35.4 Å². The van der Waals surface area contributed by atoms with Gasteiger partial charge in [0.2, 0.25) is 5.91 Å². The van der Waals surface area contributed by atoms with Crippen LogP contribution in [0.25, 0.3) is 0 Å². The van der Waals surface area contributed by atoms with E-state index in [0.29, 0.717) is 6.54 Å². The molecule has 1 aliphatic rings. The number of hydrogen-bond donors (Lipinski definition) is 1. The normalized spacial score (nSPS) is 18.8. The summed E-state index contributed by atoms with van der Waals surface area (Å²) in [7, 11) is 0. The Bertz CT molecular complexity index is 471. The minimum atomic E-state index is 0.0362. The zero-order chi connectivity index (χ0) is 15.2. The monoisotopic (exact) mass is 289 g/mol. The number of nitrogens with zero attached hydrogens (tertiary/aromatic N) is 2. The van der Waals surface area contributed by atoms with Crippen molar-refractivity contribution in [3.8, 4) is 0 Å². The topological polar surface area (TPSA) is 35.6 Å². The molecule has 1 N–H and O–H groups in total. The van der Waals surface area contributed by atoms with Crippen molar-refractivity contribution in [2.24, 2.45) is 0 Å². The minimum absolute atomic E-state index is 0.0362. The average Bonchev–Trinajstić information content (AvgIpc) is 2.85. The van der Waals surface area contributed by atoms with Gasteiger partial charge in [-0.3, -0.25) is 10.1 Å². The van der Waals surface area contributed by atoms with E-state index in [1.165, 1.54) is 11.1 Å². The molecule has 0 radical (unpaired) electrons. The first-order valence-corrected chi connectivity index (χ1v) is 7.97. The zero-order valence-electron chi connectivity index (χ0n) is 13.4. The predicted octanol–water partition coefficient (Wildman–Crippen LogP) is 2.16. The summed E-state index contributed by atoms with van der Waals surface area (Å²) in [6, 6.07) is 8.41. The Hall–Kier alpha value is -1.39. The van der Waals surface area contributed by atoms with Gasteiger partial charge in [-0.05, 0) is 38.5 Å². The maximum Gasteiger partial charge on any atom is 0.238 e. The lowest BCUT2D eigenvalue weighted by atomic mass is 10.1. The summed E-state index contributed by atoms with van der Waals surface area (Å²) >= 11 is 0. The molecule has 0 spiro atoms. The second-order valence-electron chi connectivity index (χ2n) is 5.67. The van der Waals surface area contributed by atoms with Crippen LogP contribution in [0.1, 0.15) is 37.6 Å². The summed E-state index contributed by atoms with van der Waals surface area (Å²) in [5.74, 6) is 0.209. The maximum absolute atomic E-state index is 12.1. The SMILES string of the molecule is CCN(CC)CCCN1C(=O)CNC1c1cccc(C)c1. The lowest BCUT2D eigenvalue weighted by Gasteiger charge is -2.26. The molecular formula is C17H27N3O. The molecule has 116 valence electrons. The first-order valence-electron chi connectivity index (χ1n) is 7.97. The van der Waals surface area contributed by atoms with E-state index < -0.39 is 0 Å². The largest absolute Gasteiger partial charge is 0.322 e. The highest BCUT2D eigenvalue weighted by Gasteiger charge is 2.30. The van der Waals surface area contributed by atoms with Crippen LogP contribution in [0, 0.1) is 6.92 Å². The van der Waals surface area contributed by atoms with Crippen LogP contribution < -0.4 is 5.32 Å². The van der Waals surface area contributed by atoms with Gasteiger partial charge in [0.1, 0.15) is 6.17 Å². The van der Waals surface area contributed by atoms with Gasteiger partial charge < -0.3 is 9.80 Å². The highest BCUT2D eigenvalue weighted by atomic mass is 16.2. The molecule has 1 aliphatic heterocycles. The number of nitrogens with one attached hydrogen (secondary N) is 1. The number of rotatable bonds is 7. The Balaban J connectivity index is 1.97. The van der Waals surface area contributed by atoms with Gasteiger partial charge in [0.25, 0.3) is 0 Å². The van der Waals surface area contributed by atoms with Crippen LogP contribution in [0.4, 0.5) is 0 Å². The molecule has 0 aliphatic carbocycles. The molecule has 4 heteroatoms. The third-order valence-corrected chi connectivity index (χ3v) is 4.20. The van der Waals surface area contributed by atoms with Gasteiger partial charge in [0.05, 0.1) is 6.54 Å². The Morgan fingerprint density at radius 1 is 1.33 bits per heavy atom. The first kappa shape index (κ1) is 16.0. The molecule has 1 unspecified atom stereocenters. The number of aryl methyl sites for hydroxylation is 1. The van der Waals surface area contributed by atoms with Gasteiger partial charge in [-0.25, -0.2) is 0 Å². The number of amides is 1. The van der Waals surface area contributed by atoms with Crippen LogP contribution in [0.3, 0.4) is 0 Å². The lowest BCUT2D eigenvalue weighted by Crippen LogP contribution is -2.34. The number of benzene rings is 1. The molecule has 0 saturated carbocycles. The van der Waals surface area contributed by atoms with Crippen molar-refractivity contribution in [1.29, 1.82) is 0 Å². The Kier molecular flexibility index (Phi) is 5.76. The van der Waals surface area contributed by atoms with Crippen LogP contribution >= 0.6 is 0 Å². The van der Waals surface area contributed by atoms with Crippen LogP contribution in [-0.4, -0.2) is 48.4 Å². The minimum Gasteiger partial charge on any atom is -0.322 e. The van der Waals surface area contributed by atoms with E-state index in [0.717, 1.165) is 32.6 Å². The van der Waals surface area contributed by atoms with Crippen LogP contribution in [0.2, 0.25) is 0 Å². The van der Waals surface area contributed by atoms with Crippen molar-refractivity contribution < 1.29 is 4.79 Å². The second-order valence-corrected chi connectivity index (χ2v) is 5.67. The summed E-state index contributed by atoms with van der Waals surface area (Å²) in [4.78, 5) is 16.5. The van der Waals surface area contributed by atoms with Crippen LogP contribution in [0.5, 0.6) is 0 Å². The number of carbonyl (C=O) groups excluding carboxylic acids is 1. The highest BCUT2D eigenvalue weighted by Crippen LogP contribution is 2.23. The summed E-state index contributed by atoms with van der Waals surface area (Å²) in [6.07, 6.45) is 1.06. The van der Waals surface area contributed by atoms with E-state index >= 15 is 0 Å². The van der Waals surface area contributed by atoms with E-state index in [-0.39, 0.29) is 12.1 Å². The zero-order valence-corrected chi connectivity index (χ0v) is 13.4. The van der Waals surface area contributed by atoms with Gasteiger partial charge in [-0.2, -0.15) is 0 Å². The molecule has 1 heterocycles. The van der Waals surface area contributed by atoms with Crippen molar-refractivity contribution >= 4 is 5.91 Å². The van der Waals surface area contributed by atoms with Crippen molar-refractivity contribution in [2.45, 2.75) is 33.4 Å². The molecule has 0 aromatic heterocycles. The summed E-state index contributed by atoms with van der Waals surface area (Å²) in [6.45, 7) is 10.9. The molecule has 1 aromatic rings. The molecule has 1 aromatic carbocycles. The van der Waals surface area contributed by atoms with E-state index in [1.807, 2.05) is 4.90 Å². The molecule has 1 atom stereocenters. The number of hydrogen-bond acceptors (Lipinski definition) is 3. The average molecular weight is 289 g/mol. The molecule has 21 heavy (non-hydrogen) atoms. The Morgan fingerprint density at radius 2 is 2.10 bits per heavy atom. The standard InChI is InChI=1S/C17H27N3O/c1-4-19(5-2)10-7-11-20-16(21)13-18-17(20)15-9-6-8-14(3)12-15/h6,8-9,12,17-18H,4-5,7,10-11,13H2,1-3H3. The molecule has 4 nitrogen and oxygen atoms in total. The van der Waals surface area contributed by atoms with E-state index in [1.54, 1.807) is 0 Å². The number of carbonyl (C=O) groups is 1. The van der Waals surface area contributed by atoms with Crippen LogP contribution in [0.15, 0.2) is 24.3 Å². The molecule has 2 rings (SSSR count). The lowest BCUT2D eigenvalue weighted by molar-refractivity contribution is -0.128. The van der Waals surface area contributed by atoms with E-state index in [9.17, 15) is 4.79 Å². The third-order valence-electron chi connectivity index (χ3n) is 4.20. The van der Waals surface area contributed by atoms with Crippen molar-refractivity contribution in [3.63, 3.8) is 0 Å². The van der Waals surface area contributed by atoms with E-state index in [4.69, 9.17) is 0 Å². The van der Waals surface area contributed by atoms with Crippen LogP contribution in [-0.2, 0) is 4.79 Å². The molecule has 1 amide bonds. The first-order chi connectivity index (χ1) is 10.2. The van der Waals surface area contributed by atoms with E-state index in [2.05, 4.69) is 55.3 Å². The maximum atomic E-state index is 12.1. The summed E-state index contributed by atoms with van der Waals surface area (Å²) in [5, 5.41) is 3.33. The van der Waals surface area contributed by atoms with Crippen molar-refractivity contribution in [1.82, 2.24) is 15.1 Å². The van der Waals surface area contributed by atoms with Gasteiger partial charge in [0.15, 0.2) is 0 Å². The van der Waals surface area contributed by atoms with Gasteiger partial charge in [0, 0.05) is 6.54 Å². The quantitative estimate of drug-likeness (QED) is 0.835. The van der Waals surface area contributed by atoms with Gasteiger partial charge in [-0.15, -0.1) is 0 Å². The van der Waals surface area contributed by atoms with Gasteiger partial charge in [-0.1, -0.05) is 43.7 Å². The summed E-state index contributed by atoms with van der Waals surface area (Å²) < 4.78 is 0.